The van der Waals surface area contributed by atoms with Crippen LogP contribution in [0.2, 0.25) is 0 Å². The molecule has 1 aromatic carbocycles. The molecule has 1 aromatic heterocycles. The Morgan fingerprint density at radius 2 is 1.94 bits per heavy atom. The minimum atomic E-state index is -3.66. The molecule has 1 heterocycles. The largest absolute Gasteiger partial charge is 0.478 e. The highest BCUT2D eigenvalue weighted by atomic mass is 32.2. The number of aromatic nitrogens is 1. The fourth-order valence-corrected chi connectivity index (χ4v) is 4.96. The monoisotopic (exact) mass is 439 g/mol. The third-order valence-electron chi connectivity index (χ3n) is 5.52. The fourth-order valence-electron chi connectivity index (χ4n) is 3.84. The van der Waals surface area contributed by atoms with E-state index in [9.17, 15) is 23.1 Å². The first-order valence-electron chi connectivity index (χ1n) is 9.80. The number of Topliss-reactive ketones (excluding diaryl/α,β-unsaturated/α-hetero) is 1. The number of carboxylic acids is 1. The van der Waals surface area contributed by atoms with Gasteiger partial charge in [-0.3, -0.25) is 4.79 Å². The van der Waals surface area contributed by atoms with Gasteiger partial charge in [0.2, 0.25) is 0 Å². The Labute approximate surface area is 180 Å². The van der Waals surface area contributed by atoms with Crippen LogP contribution < -0.4 is 4.74 Å². The van der Waals surface area contributed by atoms with E-state index >= 15 is 0 Å². The Kier molecular flexibility index (Phi) is 5.26. The van der Waals surface area contributed by atoms with Crippen LogP contribution >= 0.6 is 0 Å². The van der Waals surface area contributed by atoms with Crippen molar-refractivity contribution in [2.24, 2.45) is 5.92 Å². The van der Waals surface area contributed by atoms with Crippen LogP contribution in [0.5, 0.6) is 5.75 Å². The molecule has 4 rings (SSSR count). The third-order valence-corrected chi connectivity index (χ3v) is 6.96. The standard InChI is InChI=1S/C23H21NO6S/c1-13-5-3-4-6-19(13)30-15-9-7-14(8-10-15)17-11-16(23(26)27)21-20(31(2,28)29)12-18(25)22(21)24-17/h3-4,6-11,13,20H,5,12H2,1-2H3,(H,26,27). The summed E-state index contributed by atoms with van der Waals surface area (Å²) in [7, 11) is -3.66. The van der Waals surface area contributed by atoms with Crippen molar-refractivity contribution < 1.29 is 27.9 Å². The molecule has 0 saturated heterocycles. The summed E-state index contributed by atoms with van der Waals surface area (Å²) in [6, 6.07) is 8.28. The number of rotatable bonds is 5. The van der Waals surface area contributed by atoms with E-state index in [2.05, 4.69) is 18.0 Å². The molecular formula is C23H21NO6S. The molecule has 31 heavy (non-hydrogen) atoms. The zero-order valence-corrected chi connectivity index (χ0v) is 17.8. The van der Waals surface area contributed by atoms with Crippen LogP contribution in [0.3, 0.4) is 0 Å². The van der Waals surface area contributed by atoms with Crippen LogP contribution in [0.15, 0.2) is 54.3 Å². The molecule has 2 atom stereocenters. The number of carbonyl (C=O) groups is 2. The predicted molar refractivity (Wildman–Crippen MR) is 115 cm³/mol. The van der Waals surface area contributed by atoms with Gasteiger partial charge in [0.15, 0.2) is 15.6 Å². The van der Waals surface area contributed by atoms with Crippen molar-refractivity contribution in [1.29, 1.82) is 0 Å². The number of ketones is 1. The lowest BCUT2D eigenvalue weighted by atomic mass is 10.0. The van der Waals surface area contributed by atoms with E-state index in [4.69, 9.17) is 4.74 Å². The maximum absolute atomic E-state index is 12.4. The van der Waals surface area contributed by atoms with Gasteiger partial charge in [0.05, 0.1) is 16.5 Å². The average Bonchev–Trinajstić information content (AvgIpc) is 3.07. The summed E-state index contributed by atoms with van der Waals surface area (Å²) in [5, 5.41) is 8.49. The molecule has 0 spiro atoms. The van der Waals surface area contributed by atoms with Crippen molar-refractivity contribution in [3.05, 3.63) is 71.1 Å². The molecule has 8 heteroatoms. The van der Waals surface area contributed by atoms with Gasteiger partial charge in [-0.25, -0.2) is 18.2 Å². The van der Waals surface area contributed by atoms with E-state index in [1.54, 1.807) is 24.3 Å². The molecular weight excluding hydrogens is 418 g/mol. The molecule has 0 aliphatic heterocycles. The number of allylic oxidation sites excluding steroid dienone is 4. The van der Waals surface area contributed by atoms with Gasteiger partial charge in [0.25, 0.3) is 0 Å². The third kappa shape index (κ3) is 4.03. The SMILES string of the molecule is CC1CC=CC=C1Oc1ccc(-c2cc(C(=O)O)c3c(n2)C(=O)CC3S(C)(=O)=O)cc1. The van der Waals surface area contributed by atoms with Gasteiger partial charge >= 0.3 is 5.97 Å². The second kappa shape index (κ2) is 7.77. The zero-order chi connectivity index (χ0) is 22.3. The van der Waals surface area contributed by atoms with E-state index in [-0.39, 0.29) is 29.2 Å². The maximum atomic E-state index is 12.4. The quantitative estimate of drug-likeness (QED) is 0.750. The molecule has 1 N–H and O–H groups in total. The highest BCUT2D eigenvalue weighted by Gasteiger charge is 2.41. The first-order valence-corrected chi connectivity index (χ1v) is 11.8. The van der Waals surface area contributed by atoms with Gasteiger partial charge < -0.3 is 9.84 Å². The normalized spacial score (nSPS) is 20.3. The van der Waals surface area contributed by atoms with Crippen molar-refractivity contribution in [3.63, 3.8) is 0 Å². The minimum absolute atomic E-state index is 0.0185. The lowest BCUT2D eigenvalue weighted by Gasteiger charge is -2.18. The van der Waals surface area contributed by atoms with Crippen molar-refractivity contribution in [2.75, 3.05) is 6.26 Å². The number of benzene rings is 1. The molecule has 0 radical (unpaired) electrons. The molecule has 0 amide bonds. The van der Waals surface area contributed by atoms with Crippen LogP contribution in [-0.2, 0) is 9.84 Å². The molecule has 0 saturated carbocycles. The van der Waals surface area contributed by atoms with Gasteiger partial charge in [-0.2, -0.15) is 0 Å². The zero-order valence-electron chi connectivity index (χ0n) is 17.0. The molecule has 160 valence electrons. The van der Waals surface area contributed by atoms with Gasteiger partial charge in [0.1, 0.15) is 17.2 Å². The second-order valence-corrected chi connectivity index (χ2v) is 10.1. The average molecular weight is 439 g/mol. The molecule has 2 aromatic rings. The number of fused-ring (bicyclic) bond motifs is 1. The lowest BCUT2D eigenvalue weighted by Crippen LogP contribution is -2.13. The van der Waals surface area contributed by atoms with Gasteiger partial charge in [0, 0.05) is 29.7 Å². The van der Waals surface area contributed by atoms with Crippen LogP contribution in [0, 0.1) is 5.92 Å². The van der Waals surface area contributed by atoms with Crippen molar-refractivity contribution in [2.45, 2.75) is 25.0 Å². The molecule has 2 aliphatic carbocycles. The highest BCUT2D eigenvalue weighted by Crippen LogP contribution is 2.40. The van der Waals surface area contributed by atoms with Gasteiger partial charge in [-0.15, -0.1) is 0 Å². The molecule has 2 aliphatic rings. The Bertz CT molecular complexity index is 1240. The summed E-state index contributed by atoms with van der Waals surface area (Å²) in [5.74, 6) is -0.00747. The van der Waals surface area contributed by atoms with Crippen LogP contribution in [0.25, 0.3) is 11.3 Å². The Morgan fingerprint density at radius 1 is 1.23 bits per heavy atom. The van der Waals surface area contributed by atoms with E-state index in [1.807, 2.05) is 12.2 Å². The molecule has 0 fully saturated rings. The van der Waals surface area contributed by atoms with Crippen LogP contribution in [-0.4, -0.2) is 36.5 Å². The Morgan fingerprint density at radius 3 is 2.55 bits per heavy atom. The minimum Gasteiger partial charge on any atom is -0.478 e. The second-order valence-electron chi connectivity index (χ2n) is 7.83. The van der Waals surface area contributed by atoms with Crippen molar-refractivity contribution in [1.82, 2.24) is 4.98 Å². The van der Waals surface area contributed by atoms with Crippen molar-refractivity contribution >= 4 is 21.6 Å². The Balaban J connectivity index is 1.71. The van der Waals surface area contributed by atoms with Gasteiger partial charge in [-0.1, -0.05) is 19.1 Å². The van der Waals surface area contributed by atoms with E-state index in [1.165, 1.54) is 6.07 Å². The van der Waals surface area contributed by atoms with E-state index in [0.717, 1.165) is 18.4 Å². The number of ether oxygens (including phenoxy) is 1. The van der Waals surface area contributed by atoms with Crippen LogP contribution in [0.4, 0.5) is 0 Å². The van der Waals surface area contributed by atoms with E-state index < -0.39 is 26.8 Å². The molecule has 7 nitrogen and oxygen atoms in total. The van der Waals surface area contributed by atoms with Crippen molar-refractivity contribution in [3.8, 4) is 17.0 Å². The molecule has 0 bridgehead atoms. The maximum Gasteiger partial charge on any atom is 0.336 e. The first-order chi connectivity index (χ1) is 14.6. The summed E-state index contributed by atoms with van der Waals surface area (Å²) < 4.78 is 30.1. The van der Waals surface area contributed by atoms with E-state index in [0.29, 0.717) is 17.0 Å². The number of hydrogen-bond acceptors (Lipinski definition) is 6. The number of carboxylic acid groups (broad SMARTS) is 1. The predicted octanol–water partition coefficient (Wildman–Crippen LogP) is 3.98. The first kappa shape index (κ1) is 21.0. The number of pyridine rings is 1. The lowest BCUT2D eigenvalue weighted by molar-refractivity contribution is 0.0695. The number of nitrogens with zero attached hydrogens (tertiary/aromatic N) is 1. The number of sulfone groups is 1. The fraction of sp³-hybridized carbons (Fsp3) is 0.261. The number of hydrogen-bond donors (Lipinski definition) is 1. The summed E-state index contributed by atoms with van der Waals surface area (Å²) in [6.07, 6.45) is 7.56. The Hall–Kier alpha value is -3.26. The topological polar surface area (TPSA) is 111 Å². The number of aromatic carboxylic acids is 1. The smallest absolute Gasteiger partial charge is 0.336 e. The summed E-state index contributed by atoms with van der Waals surface area (Å²) >= 11 is 0. The summed E-state index contributed by atoms with van der Waals surface area (Å²) in [4.78, 5) is 28.6. The summed E-state index contributed by atoms with van der Waals surface area (Å²) in [5.41, 5.74) is 0.570. The van der Waals surface area contributed by atoms with Gasteiger partial charge in [-0.05, 0) is 42.8 Å². The summed E-state index contributed by atoms with van der Waals surface area (Å²) in [6.45, 7) is 2.08. The number of carbonyl (C=O) groups excluding carboxylic acids is 1. The molecule has 2 unspecified atom stereocenters. The highest BCUT2D eigenvalue weighted by molar-refractivity contribution is 7.91. The van der Waals surface area contributed by atoms with Crippen LogP contribution in [0.1, 0.15) is 51.4 Å².